The van der Waals surface area contributed by atoms with Crippen molar-refractivity contribution in [2.75, 3.05) is 18.0 Å². The van der Waals surface area contributed by atoms with Gasteiger partial charge in [0.15, 0.2) is 0 Å². The van der Waals surface area contributed by atoms with Gasteiger partial charge in [-0.1, -0.05) is 6.07 Å². The summed E-state index contributed by atoms with van der Waals surface area (Å²) < 4.78 is 5.11. The second kappa shape index (κ2) is 8.92. The maximum absolute atomic E-state index is 11.5. The van der Waals surface area contributed by atoms with Gasteiger partial charge in [-0.15, -0.1) is 0 Å². The van der Waals surface area contributed by atoms with E-state index in [0.29, 0.717) is 13.0 Å². The minimum absolute atomic E-state index is 0.496. The smallest absolute Gasteiger partial charge is 0.428 e. The number of amides is 1. The molecule has 1 aromatic rings. The van der Waals surface area contributed by atoms with Crippen LogP contribution in [0.25, 0.3) is 0 Å². The molecule has 0 saturated carbocycles. The average molecular weight is 330 g/mol. The number of anilines is 1. The number of aryl methyl sites for hydroxylation is 1. The van der Waals surface area contributed by atoms with Crippen LogP contribution in [0.3, 0.4) is 0 Å². The third kappa shape index (κ3) is 6.69. The molecule has 0 fully saturated rings. The van der Waals surface area contributed by atoms with Crippen molar-refractivity contribution < 1.29 is 9.53 Å². The first-order valence-corrected chi connectivity index (χ1v) is 8.01. The number of nitriles is 1. The van der Waals surface area contributed by atoms with E-state index in [-0.39, 0.29) is 0 Å². The SMILES string of the molecule is CCN(CCC#N)c1ccc(/C=N\NC(=O)OC(C)(C)C)c(C)c1. The molecule has 0 spiro atoms. The van der Waals surface area contributed by atoms with Gasteiger partial charge in [-0.05, 0) is 57.9 Å². The summed E-state index contributed by atoms with van der Waals surface area (Å²) in [6, 6.07) is 8.15. The number of rotatable bonds is 6. The topological polar surface area (TPSA) is 77.7 Å². The van der Waals surface area contributed by atoms with Crippen LogP contribution in [0.2, 0.25) is 0 Å². The largest absolute Gasteiger partial charge is 0.443 e. The zero-order valence-corrected chi connectivity index (χ0v) is 15.1. The van der Waals surface area contributed by atoms with E-state index in [0.717, 1.165) is 23.4 Å². The summed E-state index contributed by atoms with van der Waals surface area (Å²) in [5, 5.41) is 12.7. The van der Waals surface area contributed by atoms with Gasteiger partial charge in [0.2, 0.25) is 0 Å². The molecule has 0 saturated heterocycles. The number of nitrogens with one attached hydrogen (secondary N) is 1. The predicted octanol–water partition coefficient (Wildman–Crippen LogP) is 3.59. The Kier molecular flexibility index (Phi) is 7.25. The monoisotopic (exact) mass is 330 g/mol. The number of hydrogen-bond acceptors (Lipinski definition) is 5. The first kappa shape index (κ1) is 19.5. The maximum atomic E-state index is 11.5. The quantitative estimate of drug-likeness (QED) is 0.638. The summed E-state index contributed by atoms with van der Waals surface area (Å²) in [5.74, 6) is 0. The van der Waals surface area contributed by atoms with Gasteiger partial charge in [0, 0.05) is 18.8 Å². The van der Waals surface area contributed by atoms with Crippen molar-refractivity contribution in [1.29, 1.82) is 5.26 Å². The Morgan fingerprint density at radius 1 is 1.46 bits per heavy atom. The summed E-state index contributed by atoms with van der Waals surface area (Å²) in [7, 11) is 0. The normalized spacial score (nSPS) is 11.2. The van der Waals surface area contributed by atoms with Crippen molar-refractivity contribution in [2.45, 2.75) is 46.6 Å². The lowest BCUT2D eigenvalue weighted by Gasteiger charge is -2.22. The van der Waals surface area contributed by atoms with Gasteiger partial charge in [0.1, 0.15) is 5.60 Å². The van der Waals surface area contributed by atoms with Gasteiger partial charge in [-0.2, -0.15) is 10.4 Å². The van der Waals surface area contributed by atoms with Gasteiger partial charge in [-0.25, -0.2) is 10.2 Å². The van der Waals surface area contributed by atoms with Gasteiger partial charge in [0.25, 0.3) is 0 Å². The Hall–Kier alpha value is -2.55. The van der Waals surface area contributed by atoms with Crippen LogP contribution in [0.15, 0.2) is 23.3 Å². The van der Waals surface area contributed by atoms with E-state index in [2.05, 4.69) is 34.5 Å². The molecule has 0 heterocycles. The Morgan fingerprint density at radius 2 is 2.17 bits per heavy atom. The molecule has 0 unspecified atom stereocenters. The zero-order valence-electron chi connectivity index (χ0n) is 15.1. The van der Waals surface area contributed by atoms with Crippen LogP contribution in [-0.2, 0) is 4.74 Å². The molecule has 1 rings (SSSR count). The van der Waals surface area contributed by atoms with Crippen molar-refractivity contribution in [3.05, 3.63) is 29.3 Å². The number of benzene rings is 1. The summed E-state index contributed by atoms with van der Waals surface area (Å²) in [4.78, 5) is 13.7. The molecule has 0 aliphatic carbocycles. The maximum Gasteiger partial charge on any atom is 0.428 e. The molecule has 1 amide bonds. The van der Waals surface area contributed by atoms with Crippen molar-refractivity contribution in [3.63, 3.8) is 0 Å². The number of ether oxygens (including phenoxy) is 1. The van der Waals surface area contributed by atoms with Crippen LogP contribution in [0, 0.1) is 18.3 Å². The van der Waals surface area contributed by atoms with Crippen molar-refractivity contribution in [1.82, 2.24) is 5.43 Å². The fourth-order valence-electron chi connectivity index (χ4n) is 2.11. The number of carbonyl (C=O) groups is 1. The molecular formula is C18H26N4O2. The number of hydrazone groups is 1. The molecule has 0 bridgehead atoms. The van der Waals surface area contributed by atoms with Crippen LogP contribution >= 0.6 is 0 Å². The van der Waals surface area contributed by atoms with E-state index in [4.69, 9.17) is 10.00 Å². The Morgan fingerprint density at radius 3 is 2.71 bits per heavy atom. The van der Waals surface area contributed by atoms with Crippen molar-refractivity contribution in [3.8, 4) is 6.07 Å². The molecule has 0 aliphatic rings. The lowest BCUT2D eigenvalue weighted by molar-refractivity contribution is 0.0529. The number of nitrogens with zero attached hydrogens (tertiary/aromatic N) is 3. The number of hydrogen-bond donors (Lipinski definition) is 1. The van der Waals surface area contributed by atoms with Gasteiger partial charge in [-0.3, -0.25) is 0 Å². The van der Waals surface area contributed by atoms with Gasteiger partial charge in [0.05, 0.1) is 18.7 Å². The molecule has 0 radical (unpaired) electrons. The average Bonchev–Trinajstić information content (AvgIpc) is 2.48. The van der Waals surface area contributed by atoms with Crippen LogP contribution in [-0.4, -0.2) is 31.0 Å². The van der Waals surface area contributed by atoms with Crippen molar-refractivity contribution in [2.24, 2.45) is 5.10 Å². The predicted molar refractivity (Wildman–Crippen MR) is 96.3 cm³/mol. The Balaban J connectivity index is 2.72. The molecule has 0 atom stereocenters. The van der Waals surface area contributed by atoms with E-state index in [1.807, 2.05) is 19.1 Å². The Bertz CT molecular complexity index is 627. The molecule has 1 N–H and O–H groups in total. The van der Waals surface area contributed by atoms with E-state index in [9.17, 15) is 4.79 Å². The summed E-state index contributed by atoms with van der Waals surface area (Å²) in [6.07, 6.45) is 1.51. The number of carbonyl (C=O) groups excluding carboxylic acids is 1. The van der Waals surface area contributed by atoms with E-state index in [1.54, 1.807) is 27.0 Å². The van der Waals surface area contributed by atoms with Crippen LogP contribution in [0.1, 0.15) is 45.2 Å². The first-order chi connectivity index (χ1) is 11.3. The minimum Gasteiger partial charge on any atom is -0.443 e. The second-order valence-electron chi connectivity index (χ2n) is 6.40. The summed E-state index contributed by atoms with van der Waals surface area (Å²) in [5.41, 5.74) is 4.82. The summed E-state index contributed by atoms with van der Waals surface area (Å²) in [6.45, 7) is 11.0. The minimum atomic E-state index is -0.582. The first-order valence-electron chi connectivity index (χ1n) is 8.01. The highest BCUT2D eigenvalue weighted by Crippen LogP contribution is 2.18. The van der Waals surface area contributed by atoms with Crippen LogP contribution in [0.5, 0.6) is 0 Å². The summed E-state index contributed by atoms with van der Waals surface area (Å²) >= 11 is 0. The van der Waals surface area contributed by atoms with Crippen molar-refractivity contribution >= 4 is 18.0 Å². The molecule has 130 valence electrons. The van der Waals surface area contributed by atoms with Crippen LogP contribution < -0.4 is 10.3 Å². The Labute approximate surface area is 144 Å². The fourth-order valence-corrected chi connectivity index (χ4v) is 2.11. The highest BCUT2D eigenvalue weighted by atomic mass is 16.6. The molecular weight excluding hydrogens is 304 g/mol. The molecule has 6 nitrogen and oxygen atoms in total. The van der Waals surface area contributed by atoms with Gasteiger partial charge >= 0.3 is 6.09 Å². The molecule has 24 heavy (non-hydrogen) atoms. The molecule has 6 heteroatoms. The zero-order chi connectivity index (χ0) is 18.2. The lowest BCUT2D eigenvalue weighted by Crippen LogP contribution is -2.29. The highest BCUT2D eigenvalue weighted by molar-refractivity contribution is 5.83. The van der Waals surface area contributed by atoms with E-state index < -0.39 is 11.7 Å². The van der Waals surface area contributed by atoms with Crippen LogP contribution in [0.4, 0.5) is 10.5 Å². The van der Waals surface area contributed by atoms with E-state index in [1.165, 1.54) is 0 Å². The molecule has 0 aliphatic heterocycles. The highest BCUT2D eigenvalue weighted by Gasteiger charge is 2.15. The van der Waals surface area contributed by atoms with E-state index >= 15 is 0 Å². The van der Waals surface area contributed by atoms with Gasteiger partial charge < -0.3 is 9.64 Å². The molecule has 1 aromatic carbocycles. The standard InChI is InChI=1S/C18H26N4O2/c1-6-22(11-7-10-19)16-9-8-15(14(2)12-16)13-20-21-17(23)24-18(3,4)5/h8-9,12-13H,6-7,11H2,1-5H3,(H,21,23)/b20-13-. The molecule has 0 aromatic heterocycles. The second-order valence-corrected chi connectivity index (χ2v) is 6.40. The lowest BCUT2D eigenvalue weighted by atomic mass is 10.1. The third-order valence-electron chi connectivity index (χ3n) is 3.25. The fraction of sp³-hybridized carbons (Fsp3) is 0.500. The third-order valence-corrected chi connectivity index (χ3v) is 3.25.